The van der Waals surface area contributed by atoms with Gasteiger partial charge in [-0.3, -0.25) is 9.59 Å². The SMILES string of the molecule is Cc1oc2ncn(C)c(=O)c2c1C(=O)OCC(=O)NCc1ccccc1OC(F)(F)F. The van der Waals surface area contributed by atoms with E-state index in [4.69, 9.17) is 9.15 Å². The second-order valence-corrected chi connectivity index (χ2v) is 6.38. The lowest BCUT2D eigenvalue weighted by molar-refractivity contribution is -0.274. The number of carbonyl (C=O) groups excluding carboxylic acids is 2. The normalized spacial score (nSPS) is 11.4. The van der Waals surface area contributed by atoms with Crippen LogP contribution in [0.3, 0.4) is 0 Å². The number of rotatable bonds is 6. The number of halogens is 3. The van der Waals surface area contributed by atoms with Gasteiger partial charge in [0.2, 0.25) is 5.71 Å². The maximum absolute atomic E-state index is 12.5. The number of benzene rings is 1. The number of aryl methyl sites for hydroxylation is 2. The molecule has 0 aliphatic carbocycles. The number of hydrogen-bond acceptors (Lipinski definition) is 7. The van der Waals surface area contributed by atoms with Crippen molar-refractivity contribution in [1.29, 1.82) is 0 Å². The molecule has 9 nitrogen and oxygen atoms in total. The zero-order valence-electron chi connectivity index (χ0n) is 16.3. The van der Waals surface area contributed by atoms with Crippen LogP contribution in [-0.2, 0) is 23.1 Å². The zero-order chi connectivity index (χ0) is 22.8. The standard InChI is InChI=1S/C19H16F3N3O6/c1-10-14(15-16(30-10)24-9-25(2)17(15)27)18(28)29-8-13(26)23-7-11-5-3-4-6-12(11)31-19(20,21)22/h3-6,9H,7-8H2,1-2H3,(H,23,26). The highest BCUT2D eigenvalue weighted by atomic mass is 19.4. The molecule has 0 aliphatic heterocycles. The van der Waals surface area contributed by atoms with Crippen molar-refractivity contribution in [1.82, 2.24) is 14.9 Å². The average Bonchev–Trinajstić information content (AvgIpc) is 3.04. The maximum Gasteiger partial charge on any atom is 0.573 e. The summed E-state index contributed by atoms with van der Waals surface area (Å²) < 4.78 is 52.7. The molecule has 0 spiro atoms. The first-order valence-corrected chi connectivity index (χ1v) is 8.79. The number of hydrogen-bond donors (Lipinski definition) is 1. The molecule has 0 unspecified atom stereocenters. The van der Waals surface area contributed by atoms with E-state index in [-0.39, 0.29) is 34.5 Å². The second kappa shape index (κ2) is 8.50. The van der Waals surface area contributed by atoms with Crippen LogP contribution in [0.4, 0.5) is 13.2 Å². The molecule has 3 aromatic rings. The van der Waals surface area contributed by atoms with Crippen LogP contribution >= 0.6 is 0 Å². The van der Waals surface area contributed by atoms with Gasteiger partial charge >= 0.3 is 12.3 Å². The predicted molar refractivity (Wildman–Crippen MR) is 99.2 cm³/mol. The molecule has 0 saturated carbocycles. The molecular formula is C19H16F3N3O6. The van der Waals surface area contributed by atoms with Crippen molar-refractivity contribution >= 4 is 23.0 Å². The van der Waals surface area contributed by atoms with Crippen LogP contribution in [0.15, 0.2) is 39.8 Å². The van der Waals surface area contributed by atoms with E-state index in [0.717, 1.165) is 10.6 Å². The first kappa shape index (κ1) is 21.9. The molecule has 2 heterocycles. The van der Waals surface area contributed by atoms with E-state index in [1.807, 2.05) is 0 Å². The van der Waals surface area contributed by atoms with E-state index < -0.39 is 36.2 Å². The van der Waals surface area contributed by atoms with Gasteiger partial charge in [0.05, 0.1) is 0 Å². The number of ether oxygens (including phenoxy) is 2. The van der Waals surface area contributed by atoms with Crippen molar-refractivity contribution in [2.24, 2.45) is 7.05 Å². The average molecular weight is 439 g/mol. The molecule has 0 saturated heterocycles. The third-order valence-electron chi connectivity index (χ3n) is 4.16. The molecule has 0 atom stereocenters. The van der Waals surface area contributed by atoms with E-state index in [1.165, 1.54) is 38.5 Å². The number of esters is 1. The summed E-state index contributed by atoms with van der Waals surface area (Å²) in [6.07, 6.45) is -3.65. The van der Waals surface area contributed by atoms with Gasteiger partial charge in [0.15, 0.2) is 6.61 Å². The van der Waals surface area contributed by atoms with Crippen LogP contribution in [0.25, 0.3) is 11.1 Å². The topological polar surface area (TPSA) is 113 Å². The van der Waals surface area contributed by atoms with Crippen molar-refractivity contribution in [3.63, 3.8) is 0 Å². The third-order valence-corrected chi connectivity index (χ3v) is 4.16. The smallest absolute Gasteiger partial charge is 0.452 e. The Balaban J connectivity index is 1.65. The molecule has 12 heteroatoms. The van der Waals surface area contributed by atoms with Gasteiger partial charge in [-0.2, -0.15) is 0 Å². The summed E-state index contributed by atoms with van der Waals surface area (Å²) in [6.45, 7) is 0.421. The molecule has 3 rings (SSSR count). The van der Waals surface area contributed by atoms with Crippen molar-refractivity contribution in [2.75, 3.05) is 6.61 Å². The number of para-hydroxylation sites is 1. The number of fused-ring (bicyclic) bond motifs is 1. The highest BCUT2D eigenvalue weighted by Gasteiger charge is 2.32. The van der Waals surface area contributed by atoms with Crippen molar-refractivity contribution in [2.45, 2.75) is 19.8 Å². The molecule has 2 aromatic heterocycles. The highest BCUT2D eigenvalue weighted by Crippen LogP contribution is 2.26. The third kappa shape index (κ3) is 5.02. The lowest BCUT2D eigenvalue weighted by atomic mass is 10.2. The number of furan rings is 1. The number of aromatic nitrogens is 2. The summed E-state index contributed by atoms with van der Waals surface area (Å²) in [5.41, 5.74) is -0.649. The minimum Gasteiger partial charge on any atom is -0.452 e. The van der Waals surface area contributed by atoms with Gasteiger partial charge in [-0.15, -0.1) is 13.2 Å². The predicted octanol–water partition coefficient (Wildman–Crippen LogP) is 2.21. The summed E-state index contributed by atoms with van der Waals surface area (Å²) in [4.78, 5) is 40.6. The van der Waals surface area contributed by atoms with E-state index in [9.17, 15) is 27.6 Å². The monoisotopic (exact) mass is 439 g/mol. The highest BCUT2D eigenvalue weighted by molar-refractivity contribution is 6.03. The van der Waals surface area contributed by atoms with Crippen LogP contribution < -0.4 is 15.6 Å². The lowest BCUT2D eigenvalue weighted by Crippen LogP contribution is -2.29. The number of alkyl halides is 3. The molecule has 0 aliphatic rings. The Hall–Kier alpha value is -3.83. The van der Waals surface area contributed by atoms with Gasteiger partial charge in [0, 0.05) is 19.2 Å². The maximum atomic E-state index is 12.5. The Bertz CT molecular complexity index is 1200. The number of nitrogens with zero attached hydrogens (tertiary/aromatic N) is 2. The molecule has 1 aromatic carbocycles. The van der Waals surface area contributed by atoms with E-state index in [2.05, 4.69) is 15.0 Å². The second-order valence-electron chi connectivity index (χ2n) is 6.38. The summed E-state index contributed by atoms with van der Waals surface area (Å²) in [7, 11) is 1.44. The van der Waals surface area contributed by atoms with Crippen LogP contribution in [-0.4, -0.2) is 34.4 Å². The van der Waals surface area contributed by atoms with E-state index in [0.29, 0.717) is 0 Å². The largest absolute Gasteiger partial charge is 0.573 e. The lowest BCUT2D eigenvalue weighted by Gasteiger charge is -2.13. The first-order valence-electron chi connectivity index (χ1n) is 8.79. The molecule has 0 bridgehead atoms. The summed E-state index contributed by atoms with van der Waals surface area (Å²) in [6, 6.07) is 5.28. The van der Waals surface area contributed by atoms with Gasteiger partial charge in [0.1, 0.15) is 28.8 Å². The van der Waals surface area contributed by atoms with Gasteiger partial charge in [-0.05, 0) is 13.0 Å². The number of carbonyl (C=O) groups is 2. The Morgan fingerprint density at radius 3 is 2.68 bits per heavy atom. The Labute approximate surface area is 172 Å². The number of amides is 1. The molecule has 164 valence electrons. The number of nitrogens with one attached hydrogen (secondary N) is 1. The minimum atomic E-state index is -4.88. The van der Waals surface area contributed by atoms with Crippen LogP contribution in [0, 0.1) is 6.92 Å². The minimum absolute atomic E-state index is 0.0433. The Kier molecular flexibility index (Phi) is 5.99. The van der Waals surface area contributed by atoms with Crippen molar-refractivity contribution in [3.05, 3.63) is 57.8 Å². The fourth-order valence-corrected chi connectivity index (χ4v) is 2.76. The van der Waals surface area contributed by atoms with Gasteiger partial charge in [-0.1, -0.05) is 18.2 Å². The molecular weight excluding hydrogens is 423 g/mol. The van der Waals surface area contributed by atoms with Crippen molar-refractivity contribution < 1.29 is 36.7 Å². The van der Waals surface area contributed by atoms with Gasteiger partial charge in [-0.25, -0.2) is 9.78 Å². The first-order chi connectivity index (χ1) is 14.6. The van der Waals surface area contributed by atoms with Gasteiger partial charge < -0.3 is 23.8 Å². The van der Waals surface area contributed by atoms with Crippen LogP contribution in [0.2, 0.25) is 0 Å². The molecule has 31 heavy (non-hydrogen) atoms. The Morgan fingerprint density at radius 2 is 1.97 bits per heavy atom. The van der Waals surface area contributed by atoms with Gasteiger partial charge in [0.25, 0.3) is 11.5 Å². The quantitative estimate of drug-likeness (QED) is 0.586. The van der Waals surface area contributed by atoms with Crippen molar-refractivity contribution in [3.8, 4) is 5.75 Å². The fraction of sp³-hybridized carbons (Fsp3) is 0.263. The molecule has 0 fully saturated rings. The van der Waals surface area contributed by atoms with Crippen LogP contribution in [0.1, 0.15) is 21.7 Å². The fourth-order valence-electron chi connectivity index (χ4n) is 2.76. The van der Waals surface area contributed by atoms with E-state index >= 15 is 0 Å². The molecule has 0 radical (unpaired) electrons. The zero-order valence-corrected chi connectivity index (χ0v) is 16.3. The summed E-state index contributed by atoms with van der Waals surface area (Å²) in [5, 5.41) is 2.26. The molecule has 1 N–H and O–H groups in total. The summed E-state index contributed by atoms with van der Waals surface area (Å²) in [5.74, 6) is -2.12. The molecule has 1 amide bonds. The van der Waals surface area contributed by atoms with E-state index in [1.54, 1.807) is 0 Å². The van der Waals surface area contributed by atoms with Crippen LogP contribution in [0.5, 0.6) is 5.75 Å². The summed E-state index contributed by atoms with van der Waals surface area (Å²) >= 11 is 0. The Morgan fingerprint density at radius 1 is 1.26 bits per heavy atom.